The number of nitrogen functional groups attached to an aromatic ring is 1. The number of aromatic nitrogens is 3. The predicted octanol–water partition coefficient (Wildman–Crippen LogP) is 4.44. The van der Waals surface area contributed by atoms with Gasteiger partial charge in [-0.25, -0.2) is 14.4 Å². The van der Waals surface area contributed by atoms with Crippen LogP contribution in [0.2, 0.25) is 0 Å². The summed E-state index contributed by atoms with van der Waals surface area (Å²) in [6.45, 7) is 0. The van der Waals surface area contributed by atoms with Crippen LogP contribution in [0.25, 0.3) is 33.5 Å². The van der Waals surface area contributed by atoms with Crippen molar-refractivity contribution in [1.82, 2.24) is 15.0 Å². The molecular weight excluding hydrogens is 327 g/mol. The molecule has 0 saturated carbocycles. The van der Waals surface area contributed by atoms with Gasteiger partial charge in [-0.15, -0.1) is 12.4 Å². The summed E-state index contributed by atoms with van der Waals surface area (Å²) in [6, 6.07) is 16.3. The summed E-state index contributed by atoms with van der Waals surface area (Å²) in [7, 11) is 0. The van der Waals surface area contributed by atoms with Crippen molar-refractivity contribution in [3.63, 3.8) is 0 Å². The molecule has 0 atom stereocenters. The van der Waals surface area contributed by atoms with E-state index in [1.807, 2.05) is 36.4 Å². The second-order valence-electron chi connectivity index (χ2n) is 5.27. The number of fused-ring (bicyclic) bond motifs is 1. The number of aromatic amines is 1. The smallest absolute Gasteiger partial charge is 0.142 e. The highest BCUT2D eigenvalue weighted by molar-refractivity contribution is 5.85. The minimum atomic E-state index is -0.308. The third-order valence-electron chi connectivity index (χ3n) is 3.72. The van der Waals surface area contributed by atoms with E-state index in [0.717, 1.165) is 11.1 Å². The van der Waals surface area contributed by atoms with Gasteiger partial charge in [-0.2, -0.15) is 0 Å². The SMILES string of the molecule is Cl.Nc1ncc(-c2ccccc2)cc1-c1nc2ccc(F)cc2[nH]1. The Morgan fingerprint density at radius 3 is 2.54 bits per heavy atom. The van der Waals surface area contributed by atoms with Crippen molar-refractivity contribution in [2.75, 3.05) is 5.73 Å². The number of hydrogen-bond donors (Lipinski definition) is 2. The molecule has 0 amide bonds. The van der Waals surface area contributed by atoms with Crippen LogP contribution in [0.5, 0.6) is 0 Å². The summed E-state index contributed by atoms with van der Waals surface area (Å²) in [6.07, 6.45) is 1.73. The van der Waals surface area contributed by atoms with Crippen LogP contribution >= 0.6 is 12.4 Å². The van der Waals surface area contributed by atoms with Crippen LogP contribution in [0, 0.1) is 5.82 Å². The van der Waals surface area contributed by atoms with Crippen LogP contribution in [0.3, 0.4) is 0 Å². The molecule has 0 bridgehead atoms. The predicted molar refractivity (Wildman–Crippen MR) is 96.4 cm³/mol. The maximum absolute atomic E-state index is 13.3. The van der Waals surface area contributed by atoms with E-state index < -0.39 is 0 Å². The maximum Gasteiger partial charge on any atom is 0.142 e. The van der Waals surface area contributed by atoms with Crippen molar-refractivity contribution in [3.8, 4) is 22.5 Å². The van der Waals surface area contributed by atoms with E-state index in [4.69, 9.17) is 5.73 Å². The lowest BCUT2D eigenvalue weighted by molar-refractivity contribution is 0.629. The molecule has 2 heterocycles. The van der Waals surface area contributed by atoms with Crippen molar-refractivity contribution in [2.45, 2.75) is 0 Å². The summed E-state index contributed by atoms with van der Waals surface area (Å²) in [5.74, 6) is 0.648. The molecule has 120 valence electrons. The molecule has 0 radical (unpaired) electrons. The highest BCUT2D eigenvalue weighted by atomic mass is 35.5. The number of imidazole rings is 1. The van der Waals surface area contributed by atoms with Gasteiger partial charge in [0.15, 0.2) is 0 Å². The second kappa shape index (κ2) is 6.29. The lowest BCUT2D eigenvalue weighted by atomic mass is 10.1. The first-order chi connectivity index (χ1) is 11.2. The zero-order valence-corrected chi connectivity index (χ0v) is 13.3. The molecule has 0 spiro atoms. The van der Waals surface area contributed by atoms with Crippen LogP contribution in [0.1, 0.15) is 0 Å². The number of benzene rings is 2. The number of nitrogens with two attached hydrogens (primary N) is 1. The molecular formula is C18H14ClFN4. The Morgan fingerprint density at radius 2 is 1.75 bits per heavy atom. The molecule has 0 saturated heterocycles. The minimum Gasteiger partial charge on any atom is -0.383 e. The molecule has 2 aromatic carbocycles. The van der Waals surface area contributed by atoms with Gasteiger partial charge in [-0.05, 0) is 29.8 Å². The van der Waals surface area contributed by atoms with E-state index in [1.165, 1.54) is 12.1 Å². The summed E-state index contributed by atoms with van der Waals surface area (Å²) >= 11 is 0. The van der Waals surface area contributed by atoms with Crippen molar-refractivity contribution in [3.05, 3.63) is 66.6 Å². The monoisotopic (exact) mass is 340 g/mol. The lowest BCUT2D eigenvalue weighted by Crippen LogP contribution is -1.96. The van der Waals surface area contributed by atoms with E-state index in [0.29, 0.717) is 28.2 Å². The van der Waals surface area contributed by atoms with E-state index in [2.05, 4.69) is 15.0 Å². The highest BCUT2D eigenvalue weighted by Gasteiger charge is 2.11. The average Bonchev–Trinajstić information content (AvgIpc) is 2.99. The Labute approximate surface area is 144 Å². The van der Waals surface area contributed by atoms with Crippen molar-refractivity contribution in [1.29, 1.82) is 0 Å². The molecule has 0 aliphatic rings. The van der Waals surface area contributed by atoms with Gasteiger partial charge in [0.2, 0.25) is 0 Å². The zero-order chi connectivity index (χ0) is 15.8. The fourth-order valence-corrected chi connectivity index (χ4v) is 2.56. The van der Waals surface area contributed by atoms with E-state index in [-0.39, 0.29) is 18.2 Å². The summed E-state index contributed by atoms with van der Waals surface area (Å²) in [4.78, 5) is 11.8. The normalized spacial score (nSPS) is 10.5. The van der Waals surface area contributed by atoms with Gasteiger partial charge < -0.3 is 10.7 Å². The van der Waals surface area contributed by atoms with Gasteiger partial charge in [0.25, 0.3) is 0 Å². The molecule has 3 N–H and O–H groups in total. The molecule has 6 heteroatoms. The van der Waals surface area contributed by atoms with Gasteiger partial charge >= 0.3 is 0 Å². The van der Waals surface area contributed by atoms with E-state index in [9.17, 15) is 4.39 Å². The Bertz CT molecular complexity index is 999. The second-order valence-corrected chi connectivity index (χ2v) is 5.27. The molecule has 0 aliphatic carbocycles. The molecule has 2 aromatic heterocycles. The summed E-state index contributed by atoms with van der Waals surface area (Å²) in [5, 5.41) is 0. The maximum atomic E-state index is 13.3. The Kier molecular flexibility index (Phi) is 4.18. The fourth-order valence-electron chi connectivity index (χ4n) is 2.56. The van der Waals surface area contributed by atoms with E-state index in [1.54, 1.807) is 12.3 Å². The molecule has 0 aliphatic heterocycles. The Balaban J connectivity index is 0.00000169. The number of rotatable bonds is 2. The summed E-state index contributed by atoms with van der Waals surface area (Å²) in [5.41, 5.74) is 10.0. The van der Waals surface area contributed by atoms with Crippen molar-refractivity contribution in [2.24, 2.45) is 0 Å². The van der Waals surface area contributed by atoms with Crippen molar-refractivity contribution < 1.29 is 4.39 Å². The molecule has 24 heavy (non-hydrogen) atoms. The van der Waals surface area contributed by atoms with Gasteiger partial charge in [-0.1, -0.05) is 30.3 Å². The van der Waals surface area contributed by atoms with Crippen LogP contribution < -0.4 is 5.73 Å². The Hall–Kier alpha value is -2.92. The fraction of sp³-hybridized carbons (Fsp3) is 0. The third-order valence-corrected chi connectivity index (χ3v) is 3.72. The highest BCUT2D eigenvalue weighted by Crippen LogP contribution is 2.29. The first kappa shape index (κ1) is 16.0. The molecule has 4 rings (SSSR count). The third kappa shape index (κ3) is 2.81. The standard InChI is InChI=1S/C18H13FN4.ClH/c19-13-6-7-15-16(9-13)23-18(22-15)14-8-12(10-21-17(14)20)11-4-2-1-3-5-11;/h1-10H,(H2,20,21)(H,22,23);1H. The average molecular weight is 341 g/mol. The topological polar surface area (TPSA) is 67.6 Å². The molecule has 4 nitrogen and oxygen atoms in total. The quantitative estimate of drug-likeness (QED) is 0.567. The number of H-pyrrole nitrogens is 1. The lowest BCUT2D eigenvalue weighted by Gasteiger charge is -2.06. The van der Waals surface area contributed by atoms with Crippen LogP contribution in [0.4, 0.5) is 10.2 Å². The first-order valence-electron chi connectivity index (χ1n) is 7.17. The first-order valence-corrected chi connectivity index (χ1v) is 7.17. The van der Waals surface area contributed by atoms with Gasteiger partial charge in [-0.3, -0.25) is 0 Å². The largest absolute Gasteiger partial charge is 0.383 e. The Morgan fingerprint density at radius 1 is 0.958 bits per heavy atom. The number of anilines is 1. The molecule has 0 fully saturated rings. The van der Waals surface area contributed by atoms with Gasteiger partial charge in [0, 0.05) is 11.8 Å². The molecule has 0 unspecified atom stereocenters. The van der Waals surface area contributed by atoms with Gasteiger partial charge in [0.05, 0.1) is 16.6 Å². The number of nitrogens with one attached hydrogen (secondary N) is 1. The number of hydrogen-bond acceptors (Lipinski definition) is 3. The summed E-state index contributed by atoms with van der Waals surface area (Å²) < 4.78 is 13.3. The van der Waals surface area contributed by atoms with Gasteiger partial charge in [0.1, 0.15) is 17.5 Å². The zero-order valence-electron chi connectivity index (χ0n) is 12.5. The van der Waals surface area contributed by atoms with Crippen molar-refractivity contribution >= 4 is 29.3 Å². The number of pyridine rings is 1. The number of halogens is 2. The van der Waals surface area contributed by atoms with E-state index >= 15 is 0 Å². The minimum absolute atomic E-state index is 0. The van der Waals surface area contributed by atoms with Crippen LogP contribution in [-0.4, -0.2) is 15.0 Å². The van der Waals surface area contributed by atoms with Crippen LogP contribution in [0.15, 0.2) is 60.8 Å². The number of nitrogens with zero attached hydrogens (tertiary/aromatic N) is 2. The van der Waals surface area contributed by atoms with Crippen LogP contribution in [-0.2, 0) is 0 Å². The molecule has 4 aromatic rings.